The van der Waals surface area contributed by atoms with E-state index in [-0.39, 0.29) is 0 Å². The molecule has 0 unspecified atom stereocenters. The highest BCUT2D eigenvalue weighted by atomic mass is 35.5. The van der Waals surface area contributed by atoms with Crippen LogP contribution in [0.1, 0.15) is 11.1 Å². The Hall–Kier alpha value is -1.13. The SMILES string of the molecule is O=C(Oc1ccccc1CC(Cl)Cl)Oc1ccccc1CC(Cl)Cl. The lowest BCUT2D eigenvalue weighted by molar-refractivity contribution is 0.151. The van der Waals surface area contributed by atoms with Crippen molar-refractivity contribution < 1.29 is 14.3 Å². The van der Waals surface area contributed by atoms with Crippen molar-refractivity contribution >= 4 is 52.6 Å². The molecule has 0 aliphatic carbocycles. The molecule has 0 atom stereocenters. The van der Waals surface area contributed by atoms with E-state index >= 15 is 0 Å². The molecule has 0 saturated carbocycles. The number of halogens is 4. The summed E-state index contributed by atoms with van der Waals surface area (Å²) in [5.74, 6) is 0.692. The first-order chi connectivity index (χ1) is 11.5. The molecule has 24 heavy (non-hydrogen) atoms. The third-order valence-electron chi connectivity index (χ3n) is 3.08. The Kier molecular flexibility index (Phi) is 7.50. The van der Waals surface area contributed by atoms with Gasteiger partial charge in [-0.1, -0.05) is 36.4 Å². The molecule has 0 aromatic heterocycles. The van der Waals surface area contributed by atoms with Crippen LogP contribution in [0.15, 0.2) is 48.5 Å². The highest BCUT2D eigenvalue weighted by molar-refractivity contribution is 6.44. The summed E-state index contributed by atoms with van der Waals surface area (Å²) < 4.78 is 10.5. The summed E-state index contributed by atoms with van der Waals surface area (Å²) in [5.41, 5.74) is 1.42. The Labute approximate surface area is 160 Å². The monoisotopic (exact) mass is 406 g/mol. The Morgan fingerprint density at radius 2 is 1.12 bits per heavy atom. The van der Waals surface area contributed by atoms with E-state index < -0.39 is 15.8 Å². The molecule has 0 amide bonds. The maximum absolute atomic E-state index is 12.1. The molecule has 0 bridgehead atoms. The summed E-state index contributed by atoms with van der Waals surface area (Å²) in [6, 6.07) is 13.9. The minimum Gasteiger partial charge on any atom is -0.394 e. The molecule has 7 heteroatoms. The minimum absolute atomic E-state index is 0.346. The second kappa shape index (κ2) is 9.38. The van der Waals surface area contributed by atoms with Gasteiger partial charge in [-0.05, 0) is 23.3 Å². The van der Waals surface area contributed by atoms with Crippen LogP contribution in [-0.4, -0.2) is 15.8 Å². The van der Waals surface area contributed by atoms with E-state index in [4.69, 9.17) is 55.9 Å². The van der Waals surface area contributed by atoms with E-state index in [2.05, 4.69) is 0 Å². The molecule has 0 aliphatic heterocycles. The van der Waals surface area contributed by atoms with Crippen LogP contribution >= 0.6 is 46.4 Å². The van der Waals surface area contributed by atoms with Crippen LogP contribution in [0.4, 0.5) is 4.79 Å². The van der Waals surface area contributed by atoms with Gasteiger partial charge in [-0.15, -0.1) is 46.4 Å². The molecular weight excluding hydrogens is 394 g/mol. The van der Waals surface area contributed by atoms with Crippen molar-refractivity contribution in [3.63, 3.8) is 0 Å². The number of carbonyl (C=O) groups excluding carboxylic acids is 1. The number of rotatable bonds is 6. The topological polar surface area (TPSA) is 35.5 Å². The summed E-state index contributed by atoms with van der Waals surface area (Å²) in [7, 11) is 0. The van der Waals surface area contributed by atoms with Crippen LogP contribution in [0.2, 0.25) is 0 Å². The number of ether oxygens (including phenoxy) is 2. The predicted molar refractivity (Wildman–Crippen MR) is 97.9 cm³/mol. The Bertz CT molecular complexity index is 632. The highest BCUT2D eigenvalue weighted by Crippen LogP contribution is 2.25. The number of alkyl halides is 4. The average molecular weight is 408 g/mol. The standard InChI is InChI=1S/C17H14Cl4O3/c18-15(19)9-11-5-1-3-7-13(11)23-17(22)24-14-8-4-2-6-12(14)10-16(20)21/h1-8,15-16H,9-10H2. The zero-order chi connectivity index (χ0) is 17.5. The molecule has 2 rings (SSSR count). The largest absolute Gasteiger partial charge is 0.519 e. The van der Waals surface area contributed by atoms with Crippen LogP contribution in [0.3, 0.4) is 0 Å². The molecule has 0 saturated heterocycles. The second-order valence-corrected chi connectivity index (χ2v) is 7.41. The number of benzene rings is 2. The predicted octanol–water partition coefficient (Wildman–Crippen LogP) is 5.96. The molecular formula is C17H14Cl4O3. The maximum atomic E-state index is 12.1. The van der Waals surface area contributed by atoms with Gasteiger partial charge in [-0.25, -0.2) is 4.79 Å². The zero-order valence-electron chi connectivity index (χ0n) is 12.4. The molecule has 0 radical (unpaired) electrons. The van der Waals surface area contributed by atoms with E-state index in [0.717, 1.165) is 0 Å². The number of hydrogen-bond acceptors (Lipinski definition) is 3. The Morgan fingerprint density at radius 1 is 0.750 bits per heavy atom. The quantitative estimate of drug-likeness (QED) is 0.336. The van der Waals surface area contributed by atoms with Crippen LogP contribution < -0.4 is 9.47 Å². The molecule has 0 N–H and O–H groups in total. The Balaban J connectivity index is 2.09. The number of hydrogen-bond donors (Lipinski definition) is 0. The number of carbonyl (C=O) groups is 1. The fourth-order valence-corrected chi connectivity index (χ4v) is 2.74. The lowest BCUT2D eigenvalue weighted by atomic mass is 10.1. The lowest BCUT2D eigenvalue weighted by Gasteiger charge is -2.12. The average Bonchev–Trinajstić information content (AvgIpc) is 2.50. The van der Waals surface area contributed by atoms with Crippen molar-refractivity contribution in [2.24, 2.45) is 0 Å². The van der Waals surface area contributed by atoms with Gasteiger partial charge in [0.1, 0.15) is 21.2 Å². The Morgan fingerprint density at radius 3 is 1.50 bits per heavy atom. The molecule has 0 heterocycles. The molecule has 128 valence electrons. The summed E-state index contributed by atoms with van der Waals surface area (Å²) in [5, 5.41) is 0. The van der Waals surface area contributed by atoms with E-state index in [1.54, 1.807) is 48.5 Å². The first-order valence-corrected chi connectivity index (χ1v) is 8.82. The van der Waals surface area contributed by atoms with Crippen LogP contribution in [0, 0.1) is 0 Å². The van der Waals surface area contributed by atoms with Crippen molar-refractivity contribution in [1.29, 1.82) is 0 Å². The summed E-state index contributed by atoms with van der Waals surface area (Å²) in [4.78, 5) is 10.9. The van der Waals surface area contributed by atoms with Crippen molar-refractivity contribution in [3.8, 4) is 11.5 Å². The third-order valence-corrected chi connectivity index (χ3v) is 3.70. The van der Waals surface area contributed by atoms with Gasteiger partial charge in [0.25, 0.3) is 0 Å². The van der Waals surface area contributed by atoms with Gasteiger partial charge < -0.3 is 9.47 Å². The maximum Gasteiger partial charge on any atom is 0.519 e. The summed E-state index contributed by atoms with van der Waals surface area (Å²) in [6.45, 7) is 0. The van der Waals surface area contributed by atoms with Crippen molar-refractivity contribution in [2.75, 3.05) is 0 Å². The second-order valence-electron chi connectivity index (χ2n) is 4.86. The summed E-state index contributed by atoms with van der Waals surface area (Å²) >= 11 is 23.2. The van der Waals surface area contributed by atoms with E-state index in [1.807, 2.05) is 0 Å². The van der Waals surface area contributed by atoms with Crippen LogP contribution in [0.5, 0.6) is 11.5 Å². The molecule has 0 aliphatic rings. The summed E-state index contributed by atoms with van der Waals surface area (Å²) in [6.07, 6.45) is -0.164. The molecule has 3 nitrogen and oxygen atoms in total. The van der Waals surface area contributed by atoms with Crippen molar-refractivity contribution in [1.82, 2.24) is 0 Å². The molecule has 0 spiro atoms. The van der Waals surface area contributed by atoms with Crippen LogP contribution in [0.25, 0.3) is 0 Å². The van der Waals surface area contributed by atoms with Gasteiger partial charge in [0.05, 0.1) is 0 Å². The van der Waals surface area contributed by atoms with E-state index in [9.17, 15) is 4.79 Å². The third kappa shape index (κ3) is 6.06. The van der Waals surface area contributed by atoms with Gasteiger partial charge in [-0.3, -0.25) is 0 Å². The zero-order valence-corrected chi connectivity index (χ0v) is 15.4. The van der Waals surface area contributed by atoms with Crippen molar-refractivity contribution in [3.05, 3.63) is 59.7 Å². The van der Waals surface area contributed by atoms with E-state index in [1.165, 1.54) is 0 Å². The fraction of sp³-hybridized carbons (Fsp3) is 0.235. The van der Waals surface area contributed by atoms with E-state index in [0.29, 0.717) is 35.5 Å². The van der Waals surface area contributed by atoms with Crippen LogP contribution in [-0.2, 0) is 12.8 Å². The normalized spacial score (nSPS) is 10.9. The molecule has 2 aromatic carbocycles. The van der Waals surface area contributed by atoms with Gasteiger partial charge in [0.2, 0.25) is 0 Å². The van der Waals surface area contributed by atoms with Gasteiger partial charge in [0.15, 0.2) is 0 Å². The van der Waals surface area contributed by atoms with Gasteiger partial charge in [0, 0.05) is 12.8 Å². The lowest BCUT2D eigenvalue weighted by Crippen LogP contribution is -2.16. The first-order valence-electron chi connectivity index (χ1n) is 7.07. The number of para-hydroxylation sites is 2. The van der Waals surface area contributed by atoms with Gasteiger partial charge in [-0.2, -0.15) is 0 Å². The smallest absolute Gasteiger partial charge is 0.394 e. The fourth-order valence-electron chi connectivity index (χ4n) is 2.08. The molecule has 2 aromatic rings. The minimum atomic E-state index is -0.865. The molecule has 0 fully saturated rings. The first kappa shape index (κ1) is 19.2. The highest BCUT2D eigenvalue weighted by Gasteiger charge is 2.15. The van der Waals surface area contributed by atoms with Crippen molar-refractivity contribution in [2.45, 2.75) is 22.5 Å². The van der Waals surface area contributed by atoms with Gasteiger partial charge >= 0.3 is 6.16 Å².